The van der Waals surface area contributed by atoms with E-state index in [0.29, 0.717) is 10.6 Å². The average molecular weight is 275 g/mol. The zero-order chi connectivity index (χ0) is 13.9. The van der Waals surface area contributed by atoms with Crippen molar-refractivity contribution in [3.8, 4) is 0 Å². The normalized spacial score (nSPS) is 11.1. The lowest BCUT2D eigenvalue weighted by Crippen LogP contribution is -2.41. The number of carbonyl (C=O) groups excluding carboxylic acids is 1. The minimum atomic E-state index is -0.530. The molecule has 0 radical (unpaired) electrons. The number of pyridine rings is 1. The molecular weight excluding hydrogens is 260 g/mol. The molecule has 1 N–H and O–H groups in total. The third kappa shape index (κ3) is 3.32. The van der Waals surface area contributed by atoms with Gasteiger partial charge in [0.05, 0.1) is 11.2 Å². The van der Waals surface area contributed by atoms with E-state index < -0.39 is 5.54 Å². The van der Waals surface area contributed by atoms with Gasteiger partial charge in [-0.1, -0.05) is 17.7 Å². The molecule has 1 aromatic carbocycles. The van der Waals surface area contributed by atoms with Gasteiger partial charge in [-0.2, -0.15) is 0 Å². The third-order valence-corrected chi connectivity index (χ3v) is 3.09. The zero-order valence-electron chi connectivity index (χ0n) is 10.9. The fourth-order valence-electron chi connectivity index (χ4n) is 1.75. The van der Waals surface area contributed by atoms with Crippen LogP contribution in [0.3, 0.4) is 0 Å². The van der Waals surface area contributed by atoms with Crippen LogP contribution in [0.2, 0.25) is 5.02 Å². The second kappa shape index (κ2) is 5.41. The molecule has 0 bridgehead atoms. The van der Waals surface area contributed by atoms with Crippen LogP contribution in [0.5, 0.6) is 0 Å². The maximum atomic E-state index is 12.2. The molecule has 2 rings (SSSR count). The van der Waals surface area contributed by atoms with E-state index in [9.17, 15) is 4.79 Å². The lowest BCUT2D eigenvalue weighted by molar-refractivity contribution is 0.0910. The molecule has 1 aromatic heterocycles. The van der Waals surface area contributed by atoms with Gasteiger partial charge in [-0.25, -0.2) is 0 Å². The SMILES string of the molecule is CC(C)(NC(=O)c1ccc(Cl)cc1)c1ccccn1. The van der Waals surface area contributed by atoms with Crippen LogP contribution in [0.25, 0.3) is 0 Å². The molecule has 1 heterocycles. The van der Waals surface area contributed by atoms with Crippen LogP contribution < -0.4 is 5.32 Å². The minimum Gasteiger partial charge on any atom is -0.342 e. The second-order valence-electron chi connectivity index (χ2n) is 4.80. The lowest BCUT2D eigenvalue weighted by Gasteiger charge is -2.25. The van der Waals surface area contributed by atoms with Crippen molar-refractivity contribution in [3.63, 3.8) is 0 Å². The van der Waals surface area contributed by atoms with Gasteiger partial charge in [0.2, 0.25) is 0 Å². The van der Waals surface area contributed by atoms with Crippen molar-refractivity contribution in [2.45, 2.75) is 19.4 Å². The van der Waals surface area contributed by atoms with Crippen molar-refractivity contribution in [2.75, 3.05) is 0 Å². The van der Waals surface area contributed by atoms with Crippen LogP contribution in [0.1, 0.15) is 29.9 Å². The van der Waals surface area contributed by atoms with Gasteiger partial charge >= 0.3 is 0 Å². The summed E-state index contributed by atoms with van der Waals surface area (Å²) in [5.41, 5.74) is 0.864. The summed E-state index contributed by atoms with van der Waals surface area (Å²) < 4.78 is 0. The first-order valence-electron chi connectivity index (χ1n) is 5.98. The van der Waals surface area contributed by atoms with Gasteiger partial charge in [-0.3, -0.25) is 9.78 Å². The Hall–Kier alpha value is -1.87. The molecule has 19 heavy (non-hydrogen) atoms. The summed E-state index contributed by atoms with van der Waals surface area (Å²) in [7, 11) is 0. The van der Waals surface area contributed by atoms with E-state index in [1.807, 2.05) is 32.0 Å². The second-order valence-corrected chi connectivity index (χ2v) is 5.24. The molecule has 0 aliphatic rings. The molecule has 0 spiro atoms. The molecule has 3 nitrogen and oxygen atoms in total. The molecule has 0 aliphatic carbocycles. The highest BCUT2D eigenvalue weighted by Gasteiger charge is 2.24. The highest BCUT2D eigenvalue weighted by molar-refractivity contribution is 6.30. The summed E-state index contributed by atoms with van der Waals surface area (Å²) in [6.07, 6.45) is 1.71. The van der Waals surface area contributed by atoms with E-state index in [-0.39, 0.29) is 5.91 Å². The van der Waals surface area contributed by atoms with Crippen LogP contribution in [0, 0.1) is 0 Å². The minimum absolute atomic E-state index is 0.146. The third-order valence-electron chi connectivity index (χ3n) is 2.84. The molecule has 98 valence electrons. The van der Waals surface area contributed by atoms with Crippen LogP contribution in [-0.4, -0.2) is 10.9 Å². The summed E-state index contributed by atoms with van der Waals surface area (Å²) in [5, 5.41) is 3.58. The Morgan fingerprint density at radius 1 is 1.16 bits per heavy atom. The van der Waals surface area contributed by atoms with E-state index >= 15 is 0 Å². The summed E-state index contributed by atoms with van der Waals surface area (Å²) in [4.78, 5) is 16.4. The van der Waals surface area contributed by atoms with E-state index in [1.54, 1.807) is 30.5 Å². The number of rotatable bonds is 3. The Morgan fingerprint density at radius 2 is 1.84 bits per heavy atom. The number of nitrogens with one attached hydrogen (secondary N) is 1. The van der Waals surface area contributed by atoms with Gasteiger partial charge in [-0.05, 0) is 50.2 Å². The molecule has 2 aromatic rings. The molecule has 4 heteroatoms. The highest BCUT2D eigenvalue weighted by Crippen LogP contribution is 2.18. The molecular formula is C15H15ClN2O. The molecule has 0 aliphatic heterocycles. The topological polar surface area (TPSA) is 42.0 Å². The number of aromatic nitrogens is 1. The summed E-state index contributed by atoms with van der Waals surface area (Å²) in [6.45, 7) is 3.84. The standard InChI is InChI=1S/C15H15ClN2O/c1-15(2,13-5-3-4-10-17-13)18-14(19)11-6-8-12(16)9-7-11/h3-10H,1-2H3,(H,18,19). The Kier molecular flexibility index (Phi) is 3.86. The maximum absolute atomic E-state index is 12.2. The monoisotopic (exact) mass is 274 g/mol. The van der Waals surface area contributed by atoms with Gasteiger partial charge in [0.15, 0.2) is 0 Å². The van der Waals surface area contributed by atoms with Crippen LogP contribution in [0.4, 0.5) is 0 Å². The predicted octanol–water partition coefficient (Wildman–Crippen LogP) is 3.40. The lowest BCUT2D eigenvalue weighted by atomic mass is 9.99. The van der Waals surface area contributed by atoms with Crippen LogP contribution in [-0.2, 0) is 5.54 Å². The Labute approximate surface area is 117 Å². The molecule has 0 fully saturated rings. The van der Waals surface area contributed by atoms with Crippen molar-refractivity contribution in [1.82, 2.24) is 10.3 Å². The first-order chi connectivity index (χ1) is 8.99. The molecule has 0 atom stereocenters. The van der Waals surface area contributed by atoms with E-state index in [2.05, 4.69) is 10.3 Å². The van der Waals surface area contributed by atoms with Crippen molar-refractivity contribution in [2.24, 2.45) is 0 Å². The van der Waals surface area contributed by atoms with Gasteiger partial charge < -0.3 is 5.32 Å². The fourth-order valence-corrected chi connectivity index (χ4v) is 1.88. The van der Waals surface area contributed by atoms with Crippen molar-refractivity contribution in [3.05, 3.63) is 64.9 Å². The van der Waals surface area contributed by atoms with E-state index in [4.69, 9.17) is 11.6 Å². The number of hydrogen-bond acceptors (Lipinski definition) is 2. The largest absolute Gasteiger partial charge is 0.342 e. The molecule has 0 unspecified atom stereocenters. The van der Waals surface area contributed by atoms with E-state index in [1.165, 1.54) is 0 Å². The molecule has 1 amide bonds. The smallest absolute Gasteiger partial charge is 0.252 e. The van der Waals surface area contributed by atoms with Crippen LogP contribution in [0.15, 0.2) is 48.7 Å². The van der Waals surface area contributed by atoms with Gasteiger partial charge in [0.1, 0.15) is 0 Å². The van der Waals surface area contributed by atoms with Gasteiger partial charge in [0, 0.05) is 16.8 Å². The van der Waals surface area contributed by atoms with Gasteiger partial charge in [-0.15, -0.1) is 0 Å². The van der Waals surface area contributed by atoms with Gasteiger partial charge in [0.25, 0.3) is 5.91 Å². The Morgan fingerprint density at radius 3 is 2.42 bits per heavy atom. The number of amides is 1. The summed E-state index contributed by atoms with van der Waals surface area (Å²) in [6, 6.07) is 12.4. The number of benzene rings is 1. The van der Waals surface area contributed by atoms with Crippen molar-refractivity contribution in [1.29, 1.82) is 0 Å². The number of nitrogens with zero attached hydrogens (tertiary/aromatic N) is 1. The van der Waals surface area contributed by atoms with Crippen molar-refractivity contribution < 1.29 is 4.79 Å². The molecule has 0 saturated heterocycles. The first-order valence-corrected chi connectivity index (χ1v) is 6.36. The average Bonchev–Trinajstić information content (AvgIpc) is 2.40. The number of hydrogen-bond donors (Lipinski definition) is 1. The Bertz CT molecular complexity index is 564. The van der Waals surface area contributed by atoms with E-state index in [0.717, 1.165) is 5.69 Å². The maximum Gasteiger partial charge on any atom is 0.252 e. The zero-order valence-corrected chi connectivity index (χ0v) is 11.6. The Balaban J connectivity index is 2.16. The number of carbonyl (C=O) groups is 1. The highest BCUT2D eigenvalue weighted by atomic mass is 35.5. The molecule has 0 saturated carbocycles. The predicted molar refractivity (Wildman–Crippen MR) is 76.2 cm³/mol. The summed E-state index contributed by atoms with van der Waals surface area (Å²) in [5.74, 6) is -0.146. The number of halogens is 1. The first kappa shape index (κ1) is 13.6. The summed E-state index contributed by atoms with van der Waals surface area (Å²) >= 11 is 5.80. The quantitative estimate of drug-likeness (QED) is 0.932. The van der Waals surface area contributed by atoms with Crippen LogP contribution >= 0.6 is 11.6 Å². The van der Waals surface area contributed by atoms with Crippen molar-refractivity contribution >= 4 is 17.5 Å². The fraction of sp³-hybridized carbons (Fsp3) is 0.200.